The molecule has 140 valence electrons. The van der Waals surface area contributed by atoms with E-state index >= 15 is 0 Å². The quantitative estimate of drug-likeness (QED) is 0.682. The standard InChI is InChI=1S/C19H30N4O.ClH/c24-19(18-14-20-15-18)21-8-4-5-9-22-10-12-23(13-11-22)16-17-6-2-1-3-7-17;/h1-3,6-7,18,20H,4-5,8-16H2,(H,21,24);1H. The molecule has 1 aromatic rings. The van der Waals surface area contributed by atoms with Crippen molar-refractivity contribution in [1.29, 1.82) is 0 Å². The molecule has 2 heterocycles. The Kier molecular flexibility index (Phi) is 8.68. The zero-order valence-corrected chi connectivity index (χ0v) is 15.8. The third kappa shape index (κ3) is 6.59. The van der Waals surface area contributed by atoms with Gasteiger partial charge in [0.2, 0.25) is 5.91 Å². The lowest BCUT2D eigenvalue weighted by Gasteiger charge is -2.34. The van der Waals surface area contributed by atoms with Crippen molar-refractivity contribution in [3.8, 4) is 0 Å². The zero-order valence-electron chi connectivity index (χ0n) is 15.0. The minimum Gasteiger partial charge on any atom is -0.356 e. The van der Waals surface area contributed by atoms with E-state index in [0.717, 1.165) is 65.3 Å². The molecule has 2 aliphatic heterocycles. The molecule has 1 amide bonds. The number of hydrogen-bond donors (Lipinski definition) is 2. The minimum absolute atomic E-state index is 0. The summed E-state index contributed by atoms with van der Waals surface area (Å²) in [6.45, 7) is 9.36. The minimum atomic E-state index is 0. The van der Waals surface area contributed by atoms with Crippen molar-refractivity contribution >= 4 is 18.3 Å². The van der Waals surface area contributed by atoms with Crippen molar-refractivity contribution in [2.75, 3.05) is 52.4 Å². The molecule has 0 aliphatic carbocycles. The molecular weight excluding hydrogens is 336 g/mol. The first-order chi connectivity index (χ1) is 11.8. The van der Waals surface area contributed by atoms with E-state index in [2.05, 4.69) is 50.8 Å². The van der Waals surface area contributed by atoms with Crippen molar-refractivity contribution in [2.45, 2.75) is 19.4 Å². The van der Waals surface area contributed by atoms with Crippen molar-refractivity contribution in [1.82, 2.24) is 20.4 Å². The van der Waals surface area contributed by atoms with E-state index in [9.17, 15) is 4.79 Å². The van der Waals surface area contributed by atoms with Crippen LogP contribution < -0.4 is 10.6 Å². The molecule has 0 saturated carbocycles. The summed E-state index contributed by atoms with van der Waals surface area (Å²) in [7, 11) is 0. The van der Waals surface area contributed by atoms with Crippen molar-refractivity contribution < 1.29 is 4.79 Å². The van der Waals surface area contributed by atoms with Gasteiger partial charge in [0.15, 0.2) is 0 Å². The molecule has 0 radical (unpaired) electrons. The highest BCUT2D eigenvalue weighted by Gasteiger charge is 2.24. The van der Waals surface area contributed by atoms with Crippen LogP contribution in [0.5, 0.6) is 0 Å². The lowest BCUT2D eigenvalue weighted by Crippen LogP contribution is -2.51. The topological polar surface area (TPSA) is 47.6 Å². The predicted octanol–water partition coefficient (Wildman–Crippen LogP) is 1.34. The molecular formula is C19H31ClN4O. The molecule has 25 heavy (non-hydrogen) atoms. The number of carbonyl (C=O) groups excluding carboxylic acids is 1. The number of rotatable bonds is 8. The molecule has 2 aliphatic rings. The Morgan fingerprint density at radius 2 is 1.72 bits per heavy atom. The van der Waals surface area contributed by atoms with Crippen LogP contribution in [0.1, 0.15) is 18.4 Å². The number of unbranched alkanes of at least 4 members (excludes halogenated alkanes) is 1. The predicted molar refractivity (Wildman–Crippen MR) is 104 cm³/mol. The van der Waals surface area contributed by atoms with Crippen molar-refractivity contribution in [3.63, 3.8) is 0 Å². The number of benzene rings is 1. The maximum atomic E-state index is 11.7. The smallest absolute Gasteiger partial charge is 0.225 e. The normalized spacial score (nSPS) is 19.0. The van der Waals surface area contributed by atoms with Crippen LogP contribution in [0.15, 0.2) is 30.3 Å². The number of nitrogens with zero attached hydrogens (tertiary/aromatic N) is 2. The summed E-state index contributed by atoms with van der Waals surface area (Å²) in [6.07, 6.45) is 2.25. The fourth-order valence-electron chi connectivity index (χ4n) is 3.30. The van der Waals surface area contributed by atoms with Gasteiger partial charge < -0.3 is 15.5 Å². The molecule has 0 unspecified atom stereocenters. The van der Waals surface area contributed by atoms with Gasteiger partial charge in [0.1, 0.15) is 0 Å². The molecule has 6 heteroatoms. The molecule has 0 aromatic heterocycles. The number of nitrogens with one attached hydrogen (secondary N) is 2. The maximum Gasteiger partial charge on any atom is 0.225 e. The van der Waals surface area contributed by atoms with Gasteiger partial charge >= 0.3 is 0 Å². The highest BCUT2D eigenvalue weighted by molar-refractivity contribution is 5.85. The fraction of sp³-hybridized carbons (Fsp3) is 0.632. The monoisotopic (exact) mass is 366 g/mol. The highest BCUT2D eigenvalue weighted by Crippen LogP contribution is 2.09. The number of hydrogen-bond acceptors (Lipinski definition) is 4. The van der Waals surface area contributed by atoms with Crippen LogP contribution >= 0.6 is 12.4 Å². The third-order valence-electron chi connectivity index (χ3n) is 5.07. The molecule has 2 N–H and O–H groups in total. The Balaban J connectivity index is 0.00000225. The van der Waals surface area contributed by atoms with Crippen LogP contribution in [0.4, 0.5) is 0 Å². The average Bonchev–Trinajstić information content (AvgIpc) is 2.55. The average molecular weight is 367 g/mol. The molecule has 0 bridgehead atoms. The first kappa shape index (κ1) is 20.2. The van der Waals surface area contributed by atoms with Gasteiger partial charge in [-0.05, 0) is 24.9 Å². The summed E-state index contributed by atoms with van der Waals surface area (Å²) in [5.74, 6) is 0.436. The Labute approximate surface area is 157 Å². The summed E-state index contributed by atoms with van der Waals surface area (Å²) in [5.41, 5.74) is 1.41. The van der Waals surface area contributed by atoms with E-state index < -0.39 is 0 Å². The number of halogens is 1. The van der Waals surface area contributed by atoms with E-state index in [-0.39, 0.29) is 24.2 Å². The SMILES string of the molecule is Cl.O=C(NCCCCN1CCN(Cc2ccccc2)CC1)C1CNC1. The van der Waals surface area contributed by atoms with Crippen LogP contribution in [0, 0.1) is 5.92 Å². The van der Waals surface area contributed by atoms with E-state index in [4.69, 9.17) is 0 Å². The Morgan fingerprint density at radius 1 is 1.04 bits per heavy atom. The first-order valence-corrected chi connectivity index (χ1v) is 9.28. The van der Waals surface area contributed by atoms with E-state index in [1.165, 1.54) is 12.0 Å². The van der Waals surface area contributed by atoms with Crippen molar-refractivity contribution in [3.05, 3.63) is 35.9 Å². The summed E-state index contributed by atoms with van der Waals surface area (Å²) >= 11 is 0. The molecule has 5 nitrogen and oxygen atoms in total. The van der Waals surface area contributed by atoms with Gasteiger partial charge in [-0.2, -0.15) is 0 Å². The number of piperazine rings is 1. The molecule has 0 atom stereocenters. The van der Waals surface area contributed by atoms with Gasteiger partial charge in [-0.25, -0.2) is 0 Å². The summed E-state index contributed by atoms with van der Waals surface area (Å²) in [6, 6.07) is 10.7. The van der Waals surface area contributed by atoms with Gasteiger partial charge in [0.25, 0.3) is 0 Å². The van der Waals surface area contributed by atoms with E-state index in [0.29, 0.717) is 0 Å². The molecule has 2 fully saturated rings. The van der Waals surface area contributed by atoms with E-state index in [1.54, 1.807) is 0 Å². The van der Waals surface area contributed by atoms with Gasteiger partial charge in [-0.1, -0.05) is 30.3 Å². The highest BCUT2D eigenvalue weighted by atomic mass is 35.5. The first-order valence-electron chi connectivity index (χ1n) is 9.28. The summed E-state index contributed by atoms with van der Waals surface area (Å²) in [4.78, 5) is 16.8. The Bertz CT molecular complexity index is 501. The molecule has 1 aromatic carbocycles. The van der Waals surface area contributed by atoms with Gasteiger partial charge in [-0.3, -0.25) is 9.69 Å². The number of carbonyl (C=O) groups is 1. The second-order valence-corrected chi connectivity index (χ2v) is 6.96. The second-order valence-electron chi connectivity index (χ2n) is 6.96. The third-order valence-corrected chi connectivity index (χ3v) is 5.07. The summed E-state index contributed by atoms with van der Waals surface area (Å²) < 4.78 is 0. The Morgan fingerprint density at radius 3 is 2.36 bits per heavy atom. The van der Waals surface area contributed by atoms with Crippen molar-refractivity contribution in [2.24, 2.45) is 5.92 Å². The van der Waals surface area contributed by atoms with Crippen LogP contribution in [0.2, 0.25) is 0 Å². The van der Waals surface area contributed by atoms with Gasteiger partial charge in [0.05, 0.1) is 5.92 Å². The van der Waals surface area contributed by atoms with Crippen LogP contribution in [-0.2, 0) is 11.3 Å². The van der Waals surface area contributed by atoms with Gasteiger partial charge in [0, 0.05) is 52.4 Å². The van der Waals surface area contributed by atoms with Crippen LogP contribution in [0.3, 0.4) is 0 Å². The fourth-order valence-corrected chi connectivity index (χ4v) is 3.30. The second kappa shape index (κ2) is 10.8. The molecule has 3 rings (SSSR count). The largest absolute Gasteiger partial charge is 0.356 e. The lowest BCUT2D eigenvalue weighted by atomic mass is 10.0. The summed E-state index contributed by atoms with van der Waals surface area (Å²) in [5, 5.41) is 6.18. The maximum absolute atomic E-state index is 11.7. The van der Waals surface area contributed by atoms with Gasteiger partial charge in [-0.15, -0.1) is 12.4 Å². The van der Waals surface area contributed by atoms with Crippen LogP contribution in [-0.4, -0.2) is 68.1 Å². The van der Waals surface area contributed by atoms with E-state index in [1.807, 2.05) is 0 Å². The zero-order chi connectivity index (χ0) is 16.6. The van der Waals surface area contributed by atoms with Crippen LogP contribution in [0.25, 0.3) is 0 Å². The molecule has 0 spiro atoms. The molecule has 2 saturated heterocycles. The number of amides is 1. The Hall–Kier alpha value is -1.14. The lowest BCUT2D eigenvalue weighted by molar-refractivity contribution is -0.126.